The molecule has 0 radical (unpaired) electrons. The van der Waals surface area contributed by atoms with Crippen molar-refractivity contribution in [2.45, 2.75) is 33.7 Å². The zero-order valence-electron chi connectivity index (χ0n) is 14.8. The van der Waals surface area contributed by atoms with E-state index in [1.165, 1.54) is 0 Å². The maximum absolute atomic E-state index is 5.66. The molecule has 0 aromatic heterocycles. The van der Waals surface area contributed by atoms with Crippen molar-refractivity contribution < 1.29 is 9.47 Å². The van der Waals surface area contributed by atoms with Crippen LogP contribution in [0.25, 0.3) is 0 Å². The molecule has 0 fully saturated rings. The maximum Gasteiger partial charge on any atom is 0.191 e. The van der Waals surface area contributed by atoms with E-state index in [2.05, 4.69) is 36.4 Å². The van der Waals surface area contributed by atoms with Gasteiger partial charge in [-0.25, -0.2) is 0 Å². The van der Waals surface area contributed by atoms with Crippen LogP contribution in [0.15, 0.2) is 23.2 Å². The first-order valence-electron chi connectivity index (χ1n) is 7.84. The second-order valence-electron chi connectivity index (χ2n) is 5.53. The Hall–Kier alpha value is -1.18. The summed E-state index contributed by atoms with van der Waals surface area (Å²) in [6, 6.07) is 5.99. The quantitative estimate of drug-likeness (QED) is 0.373. The molecular weight excluding hydrogens is 405 g/mol. The summed E-state index contributed by atoms with van der Waals surface area (Å²) in [5.74, 6) is 2.93. The molecule has 132 valence electrons. The van der Waals surface area contributed by atoms with E-state index in [0.717, 1.165) is 36.0 Å². The molecule has 0 saturated carbocycles. The van der Waals surface area contributed by atoms with E-state index in [1.54, 1.807) is 14.2 Å². The predicted octanol–water partition coefficient (Wildman–Crippen LogP) is 3.42. The van der Waals surface area contributed by atoms with Crippen molar-refractivity contribution in [3.8, 4) is 11.5 Å². The molecule has 0 amide bonds. The highest BCUT2D eigenvalue weighted by Gasteiger charge is 2.06. The van der Waals surface area contributed by atoms with Crippen molar-refractivity contribution >= 4 is 29.9 Å². The number of hydrogen-bond acceptors (Lipinski definition) is 3. The van der Waals surface area contributed by atoms with Gasteiger partial charge in [0.25, 0.3) is 0 Å². The summed E-state index contributed by atoms with van der Waals surface area (Å²) >= 11 is 0. The zero-order valence-corrected chi connectivity index (χ0v) is 17.1. The monoisotopic (exact) mass is 435 g/mol. The van der Waals surface area contributed by atoms with Crippen LogP contribution >= 0.6 is 24.0 Å². The Labute approximate surface area is 157 Å². The van der Waals surface area contributed by atoms with Crippen LogP contribution in [0, 0.1) is 5.92 Å². The molecule has 0 atom stereocenters. The lowest BCUT2D eigenvalue weighted by Crippen LogP contribution is -2.38. The van der Waals surface area contributed by atoms with Crippen molar-refractivity contribution in [2.75, 3.05) is 27.3 Å². The molecule has 6 heteroatoms. The molecule has 0 spiro atoms. The van der Waals surface area contributed by atoms with Crippen LogP contribution < -0.4 is 20.1 Å². The fraction of sp³-hybridized carbons (Fsp3) is 0.588. The van der Waals surface area contributed by atoms with E-state index in [9.17, 15) is 0 Å². The van der Waals surface area contributed by atoms with Gasteiger partial charge in [-0.05, 0) is 30.0 Å². The van der Waals surface area contributed by atoms with Gasteiger partial charge in [0.15, 0.2) is 17.5 Å². The predicted molar refractivity (Wildman–Crippen MR) is 107 cm³/mol. The van der Waals surface area contributed by atoms with Crippen molar-refractivity contribution in [2.24, 2.45) is 10.9 Å². The van der Waals surface area contributed by atoms with Gasteiger partial charge in [0.1, 0.15) is 0 Å². The summed E-state index contributed by atoms with van der Waals surface area (Å²) in [5.41, 5.74) is 1.12. The summed E-state index contributed by atoms with van der Waals surface area (Å²) in [6.07, 6.45) is 0.976. The standard InChI is InChI=1S/C17H29N3O2.HI/c1-6-9-22-15-8-7-14(10-16(15)21-5)12-20-17(18-4)19-11-13(2)3;/h7-8,10,13H,6,9,11-12H2,1-5H3,(H2,18,19,20);1H. The minimum absolute atomic E-state index is 0. The topological polar surface area (TPSA) is 54.9 Å². The van der Waals surface area contributed by atoms with E-state index in [-0.39, 0.29) is 24.0 Å². The van der Waals surface area contributed by atoms with Gasteiger partial charge in [-0.3, -0.25) is 4.99 Å². The van der Waals surface area contributed by atoms with Gasteiger partial charge in [-0.2, -0.15) is 0 Å². The van der Waals surface area contributed by atoms with Crippen LogP contribution in [0.1, 0.15) is 32.8 Å². The first kappa shape index (κ1) is 21.8. The Balaban J connectivity index is 0.00000484. The molecule has 5 nitrogen and oxygen atoms in total. The van der Waals surface area contributed by atoms with Crippen molar-refractivity contribution in [3.63, 3.8) is 0 Å². The van der Waals surface area contributed by atoms with E-state index >= 15 is 0 Å². The molecule has 0 unspecified atom stereocenters. The van der Waals surface area contributed by atoms with Crippen LogP contribution in [0.4, 0.5) is 0 Å². The summed E-state index contributed by atoms with van der Waals surface area (Å²) in [7, 11) is 3.44. The summed E-state index contributed by atoms with van der Waals surface area (Å²) < 4.78 is 11.1. The third-order valence-corrected chi connectivity index (χ3v) is 3.05. The molecule has 2 N–H and O–H groups in total. The van der Waals surface area contributed by atoms with Crippen molar-refractivity contribution in [1.82, 2.24) is 10.6 Å². The molecule has 1 aromatic carbocycles. The molecule has 0 aliphatic carbocycles. The first-order valence-corrected chi connectivity index (χ1v) is 7.84. The van der Waals surface area contributed by atoms with Crippen molar-refractivity contribution in [3.05, 3.63) is 23.8 Å². The molecule has 0 saturated heterocycles. The number of methoxy groups -OCH3 is 1. The first-order chi connectivity index (χ1) is 10.6. The molecule has 0 bridgehead atoms. The number of aliphatic imine (C=N–C) groups is 1. The summed E-state index contributed by atoms with van der Waals surface area (Å²) in [4.78, 5) is 4.21. The smallest absolute Gasteiger partial charge is 0.191 e. The van der Waals surface area contributed by atoms with E-state index in [4.69, 9.17) is 9.47 Å². The van der Waals surface area contributed by atoms with Gasteiger partial charge < -0.3 is 20.1 Å². The van der Waals surface area contributed by atoms with Gasteiger partial charge in [0.2, 0.25) is 0 Å². The highest BCUT2D eigenvalue weighted by atomic mass is 127. The summed E-state index contributed by atoms with van der Waals surface area (Å²) in [5, 5.41) is 6.59. The average molecular weight is 435 g/mol. The number of hydrogen-bond donors (Lipinski definition) is 2. The molecule has 1 rings (SSSR count). The lowest BCUT2D eigenvalue weighted by molar-refractivity contribution is 0.294. The number of rotatable bonds is 8. The molecule has 1 aromatic rings. The second kappa shape index (κ2) is 12.3. The number of halogens is 1. The Bertz CT molecular complexity index is 479. The number of benzene rings is 1. The fourth-order valence-corrected chi connectivity index (χ4v) is 1.86. The van der Waals surface area contributed by atoms with Crippen molar-refractivity contribution in [1.29, 1.82) is 0 Å². The Morgan fingerprint density at radius 1 is 1.22 bits per heavy atom. The third kappa shape index (κ3) is 8.29. The van der Waals surface area contributed by atoms with E-state index in [0.29, 0.717) is 19.1 Å². The van der Waals surface area contributed by atoms with Gasteiger partial charge in [-0.1, -0.05) is 26.8 Å². The lowest BCUT2D eigenvalue weighted by Gasteiger charge is -2.15. The Morgan fingerprint density at radius 3 is 2.52 bits per heavy atom. The molecule has 0 aliphatic heterocycles. The number of nitrogens with one attached hydrogen (secondary N) is 2. The Morgan fingerprint density at radius 2 is 1.96 bits per heavy atom. The van der Waals surface area contributed by atoms with E-state index in [1.807, 2.05) is 18.2 Å². The van der Waals surface area contributed by atoms with Crippen LogP contribution in [0.5, 0.6) is 11.5 Å². The third-order valence-electron chi connectivity index (χ3n) is 3.05. The minimum atomic E-state index is 0. The number of guanidine groups is 1. The normalized spacial score (nSPS) is 11.0. The van der Waals surface area contributed by atoms with Gasteiger partial charge in [0.05, 0.1) is 13.7 Å². The van der Waals surface area contributed by atoms with Gasteiger partial charge >= 0.3 is 0 Å². The molecular formula is C17H30IN3O2. The van der Waals surface area contributed by atoms with Crippen LogP contribution in [-0.2, 0) is 6.54 Å². The van der Waals surface area contributed by atoms with Crippen LogP contribution in [-0.4, -0.2) is 33.3 Å². The number of nitrogens with zero attached hydrogens (tertiary/aromatic N) is 1. The van der Waals surface area contributed by atoms with Crippen LogP contribution in [0.3, 0.4) is 0 Å². The average Bonchev–Trinajstić information content (AvgIpc) is 2.53. The van der Waals surface area contributed by atoms with Gasteiger partial charge in [0, 0.05) is 20.1 Å². The van der Waals surface area contributed by atoms with Crippen LogP contribution in [0.2, 0.25) is 0 Å². The molecule has 0 aliphatic rings. The number of ether oxygens (including phenoxy) is 2. The maximum atomic E-state index is 5.66. The molecule has 23 heavy (non-hydrogen) atoms. The minimum Gasteiger partial charge on any atom is -0.493 e. The molecule has 0 heterocycles. The van der Waals surface area contributed by atoms with Gasteiger partial charge in [-0.15, -0.1) is 24.0 Å². The second-order valence-corrected chi connectivity index (χ2v) is 5.53. The highest BCUT2D eigenvalue weighted by molar-refractivity contribution is 14.0. The zero-order chi connectivity index (χ0) is 16.4. The summed E-state index contributed by atoms with van der Waals surface area (Å²) in [6.45, 7) is 8.69. The SMILES string of the molecule is CCCOc1ccc(CNC(=NC)NCC(C)C)cc1OC.I. The lowest BCUT2D eigenvalue weighted by atomic mass is 10.2. The largest absolute Gasteiger partial charge is 0.493 e. The van der Waals surface area contributed by atoms with E-state index < -0.39 is 0 Å². The fourth-order valence-electron chi connectivity index (χ4n) is 1.86. The Kier molecular flexibility index (Phi) is 11.6. The highest BCUT2D eigenvalue weighted by Crippen LogP contribution is 2.28.